The number of nitrogens with zero attached hydrogens (tertiary/aromatic N) is 3. The Hall–Kier alpha value is -3.10. The molecular weight excluding hydrogens is 450 g/mol. The number of thioether (sulfide) groups is 1. The molecule has 0 aliphatic carbocycles. The quantitative estimate of drug-likeness (QED) is 0.676. The Bertz CT molecular complexity index is 1190. The van der Waals surface area contributed by atoms with Gasteiger partial charge in [0.2, 0.25) is 0 Å². The van der Waals surface area contributed by atoms with Gasteiger partial charge in [-0.05, 0) is 35.9 Å². The van der Waals surface area contributed by atoms with Gasteiger partial charge in [-0.3, -0.25) is 9.79 Å². The number of amidine groups is 1. The second-order valence-corrected chi connectivity index (χ2v) is 8.61. The van der Waals surface area contributed by atoms with Crippen LogP contribution in [0.15, 0.2) is 46.8 Å². The van der Waals surface area contributed by atoms with Crippen LogP contribution in [-0.2, 0) is 4.79 Å². The van der Waals surface area contributed by atoms with E-state index in [1.165, 1.54) is 19.3 Å². The number of hydrogen-bond donors (Lipinski definition) is 1. The van der Waals surface area contributed by atoms with Gasteiger partial charge in [0, 0.05) is 28.6 Å². The van der Waals surface area contributed by atoms with Gasteiger partial charge in [-0.1, -0.05) is 29.4 Å². The highest BCUT2D eigenvalue weighted by molar-refractivity contribution is 8.16. The molecule has 0 aromatic heterocycles. The number of amides is 1. The van der Waals surface area contributed by atoms with Crippen molar-refractivity contribution in [1.29, 1.82) is 0 Å². The molecule has 0 radical (unpaired) electrons. The molecule has 2 aromatic rings. The third-order valence-corrected chi connectivity index (χ3v) is 6.54. The summed E-state index contributed by atoms with van der Waals surface area (Å²) in [6, 6.07) is 8.55. The minimum Gasteiger partial charge on any atom is -0.504 e. The summed E-state index contributed by atoms with van der Waals surface area (Å²) in [4.78, 5) is 21.4. The van der Waals surface area contributed by atoms with Crippen LogP contribution < -0.4 is 14.4 Å². The van der Waals surface area contributed by atoms with Crippen LogP contribution in [0.5, 0.6) is 17.2 Å². The second-order valence-electron chi connectivity index (χ2n) is 7.34. The van der Waals surface area contributed by atoms with Crippen molar-refractivity contribution in [1.82, 2.24) is 4.90 Å². The number of anilines is 1. The molecule has 0 saturated heterocycles. The van der Waals surface area contributed by atoms with Gasteiger partial charge in [0.25, 0.3) is 5.91 Å². The first kappa shape index (κ1) is 20.8. The Morgan fingerprint density at radius 3 is 3.03 bits per heavy atom. The molecule has 32 heavy (non-hydrogen) atoms. The third-order valence-electron chi connectivity index (χ3n) is 5.42. The Morgan fingerprint density at radius 1 is 1.31 bits per heavy atom. The molecule has 0 bridgehead atoms. The number of methoxy groups -OCH3 is 1. The van der Waals surface area contributed by atoms with E-state index >= 15 is 0 Å². The van der Waals surface area contributed by atoms with Crippen molar-refractivity contribution in [2.24, 2.45) is 4.99 Å². The van der Waals surface area contributed by atoms with Crippen LogP contribution in [0, 0.1) is 0 Å². The molecule has 0 saturated carbocycles. The number of benzene rings is 2. The van der Waals surface area contributed by atoms with E-state index in [9.17, 15) is 9.90 Å². The largest absolute Gasteiger partial charge is 0.504 e. The zero-order chi connectivity index (χ0) is 22.2. The lowest BCUT2D eigenvalue weighted by Crippen LogP contribution is -2.37. The van der Waals surface area contributed by atoms with Crippen LogP contribution >= 0.6 is 23.4 Å². The summed E-state index contributed by atoms with van der Waals surface area (Å²) in [7, 11) is 1.48. The summed E-state index contributed by atoms with van der Waals surface area (Å²) in [5.74, 6) is 0.854. The van der Waals surface area contributed by atoms with Gasteiger partial charge in [-0.2, -0.15) is 0 Å². The van der Waals surface area contributed by atoms with Gasteiger partial charge < -0.3 is 24.4 Å². The molecule has 164 valence electrons. The van der Waals surface area contributed by atoms with Gasteiger partial charge in [0.1, 0.15) is 6.61 Å². The molecule has 9 heteroatoms. The highest BCUT2D eigenvalue weighted by Gasteiger charge is 2.32. The molecule has 5 rings (SSSR count). The van der Waals surface area contributed by atoms with Crippen molar-refractivity contribution < 1.29 is 19.4 Å². The highest BCUT2D eigenvalue weighted by Crippen LogP contribution is 2.45. The fourth-order valence-corrected chi connectivity index (χ4v) is 5.06. The molecule has 3 heterocycles. The maximum atomic E-state index is 13.1. The zero-order valence-electron chi connectivity index (χ0n) is 17.2. The maximum Gasteiger partial charge on any atom is 0.251 e. The van der Waals surface area contributed by atoms with Crippen molar-refractivity contribution in [3.8, 4) is 17.2 Å². The monoisotopic (exact) mass is 469 g/mol. The summed E-state index contributed by atoms with van der Waals surface area (Å²) in [5, 5.41) is 13.3. The number of halogens is 1. The predicted octanol–water partition coefficient (Wildman–Crippen LogP) is 4.21. The van der Waals surface area contributed by atoms with Crippen LogP contribution in [0.2, 0.25) is 5.02 Å². The lowest BCUT2D eigenvalue weighted by Gasteiger charge is -2.31. The standard InChI is InChI=1S/C23H20ClN3O4S/c1-30-20-10-14(2-4-19(20)28)3-5-21(29)26-8-9-31-22-16(11-15(24)12-17(22)26)18-13-32-23-25-6-7-27(18)23/h2-5,10-13,28H,6-9H2,1H3. The van der Waals surface area contributed by atoms with Crippen LogP contribution in [0.3, 0.4) is 0 Å². The average molecular weight is 470 g/mol. The van der Waals surface area contributed by atoms with E-state index in [0.29, 0.717) is 35.4 Å². The van der Waals surface area contributed by atoms with Crippen molar-refractivity contribution >= 4 is 51.9 Å². The zero-order valence-corrected chi connectivity index (χ0v) is 18.8. The molecular formula is C23H20ClN3O4S. The lowest BCUT2D eigenvalue weighted by atomic mass is 10.1. The molecule has 3 aliphatic rings. The van der Waals surface area contributed by atoms with Crippen LogP contribution in [0.1, 0.15) is 11.1 Å². The van der Waals surface area contributed by atoms with E-state index in [0.717, 1.165) is 35.1 Å². The van der Waals surface area contributed by atoms with E-state index in [-0.39, 0.29) is 11.7 Å². The second kappa shape index (κ2) is 8.44. The number of aliphatic imine (C=N–C) groups is 1. The Balaban J connectivity index is 1.45. The van der Waals surface area contributed by atoms with E-state index in [2.05, 4.69) is 9.89 Å². The van der Waals surface area contributed by atoms with Crippen molar-refractivity contribution in [3.63, 3.8) is 0 Å². The fourth-order valence-electron chi connectivity index (χ4n) is 3.90. The number of aromatic hydroxyl groups is 1. The number of rotatable bonds is 4. The number of carbonyl (C=O) groups is 1. The summed E-state index contributed by atoms with van der Waals surface area (Å²) >= 11 is 8.05. The Morgan fingerprint density at radius 2 is 2.19 bits per heavy atom. The van der Waals surface area contributed by atoms with Crippen LogP contribution in [0.4, 0.5) is 5.69 Å². The van der Waals surface area contributed by atoms with E-state index < -0.39 is 0 Å². The Kier molecular flexibility index (Phi) is 5.48. The molecule has 0 unspecified atom stereocenters. The first-order valence-electron chi connectivity index (χ1n) is 10.1. The van der Waals surface area contributed by atoms with E-state index in [4.69, 9.17) is 21.1 Å². The average Bonchev–Trinajstić information content (AvgIpc) is 3.41. The molecule has 0 atom stereocenters. The molecule has 3 aliphatic heterocycles. The Labute approximate surface area is 194 Å². The maximum absolute atomic E-state index is 13.1. The number of hydrogen-bond acceptors (Lipinski definition) is 7. The summed E-state index contributed by atoms with van der Waals surface area (Å²) in [6.07, 6.45) is 3.19. The highest BCUT2D eigenvalue weighted by atomic mass is 35.5. The first-order chi connectivity index (χ1) is 15.5. The van der Waals surface area contributed by atoms with Crippen molar-refractivity contribution in [2.75, 3.05) is 38.3 Å². The van der Waals surface area contributed by atoms with Gasteiger partial charge in [0.15, 0.2) is 22.4 Å². The van der Waals surface area contributed by atoms with E-state index in [1.807, 2.05) is 11.5 Å². The van der Waals surface area contributed by atoms with E-state index in [1.54, 1.807) is 40.9 Å². The number of fused-ring (bicyclic) bond motifs is 2. The predicted molar refractivity (Wildman–Crippen MR) is 128 cm³/mol. The normalized spacial score (nSPS) is 17.1. The summed E-state index contributed by atoms with van der Waals surface area (Å²) in [6.45, 7) is 2.38. The van der Waals surface area contributed by atoms with Crippen LogP contribution in [-0.4, -0.2) is 54.4 Å². The van der Waals surface area contributed by atoms with Crippen molar-refractivity contribution in [2.45, 2.75) is 0 Å². The van der Waals surface area contributed by atoms with Gasteiger partial charge in [-0.15, -0.1) is 0 Å². The van der Waals surface area contributed by atoms with Crippen LogP contribution in [0.25, 0.3) is 11.8 Å². The molecule has 7 nitrogen and oxygen atoms in total. The molecule has 2 aromatic carbocycles. The number of carbonyl (C=O) groups excluding carboxylic acids is 1. The molecule has 0 spiro atoms. The lowest BCUT2D eigenvalue weighted by molar-refractivity contribution is -0.114. The van der Waals surface area contributed by atoms with Crippen molar-refractivity contribution in [3.05, 3.63) is 58.0 Å². The molecule has 1 amide bonds. The van der Waals surface area contributed by atoms with Gasteiger partial charge >= 0.3 is 0 Å². The smallest absolute Gasteiger partial charge is 0.251 e. The van der Waals surface area contributed by atoms with Gasteiger partial charge in [0.05, 0.1) is 31.6 Å². The number of ether oxygens (including phenoxy) is 2. The number of phenolic OH excluding ortho intramolecular Hbond substituents is 1. The fraction of sp³-hybridized carbons (Fsp3) is 0.217. The topological polar surface area (TPSA) is 74.6 Å². The van der Waals surface area contributed by atoms with Gasteiger partial charge in [-0.25, -0.2) is 0 Å². The third kappa shape index (κ3) is 3.69. The summed E-state index contributed by atoms with van der Waals surface area (Å²) in [5.41, 5.74) is 3.23. The SMILES string of the molecule is COc1cc(C=CC(=O)N2CCOc3c(C4=CSC5=NCCN45)cc(Cl)cc32)ccc1O. The first-order valence-corrected chi connectivity index (χ1v) is 11.3. The summed E-state index contributed by atoms with van der Waals surface area (Å²) < 4.78 is 11.1. The molecule has 0 fully saturated rings. The minimum absolute atomic E-state index is 0.0471. The molecule has 1 N–H and O–H groups in total. The minimum atomic E-state index is -0.187. The number of phenols is 1.